The maximum Gasteiger partial charge on any atom is 0.253 e. The highest BCUT2D eigenvalue weighted by atomic mass is 32.1. The average Bonchev–Trinajstić information content (AvgIpc) is 2.71. The van der Waals surface area contributed by atoms with Gasteiger partial charge in [-0.25, -0.2) is 0 Å². The van der Waals surface area contributed by atoms with Gasteiger partial charge in [0.05, 0.1) is 10.9 Å². The van der Waals surface area contributed by atoms with Crippen LogP contribution in [0.3, 0.4) is 0 Å². The molecule has 1 heterocycles. The summed E-state index contributed by atoms with van der Waals surface area (Å²) >= 11 is 1.64. The van der Waals surface area contributed by atoms with E-state index < -0.39 is 0 Å². The Kier molecular flexibility index (Phi) is 4.44. The summed E-state index contributed by atoms with van der Waals surface area (Å²) in [6.07, 6.45) is 5.67. The molecule has 1 aromatic rings. The predicted octanol–water partition coefficient (Wildman–Crippen LogP) is 3.59. The minimum atomic E-state index is 0.0718. The predicted molar refractivity (Wildman–Crippen MR) is 76.2 cm³/mol. The van der Waals surface area contributed by atoms with Crippen molar-refractivity contribution >= 4 is 17.2 Å². The topological polar surface area (TPSA) is 29.1 Å². The lowest BCUT2D eigenvalue weighted by Gasteiger charge is -2.17. The highest BCUT2D eigenvalue weighted by Crippen LogP contribution is 2.29. The number of hydrogen-bond donors (Lipinski definition) is 1. The Morgan fingerprint density at radius 3 is 2.78 bits per heavy atom. The zero-order chi connectivity index (χ0) is 13.1. The molecule has 1 N–H and O–H groups in total. The normalized spacial score (nSPS) is 16.4. The van der Waals surface area contributed by atoms with Gasteiger partial charge in [0.15, 0.2) is 0 Å². The first-order chi connectivity index (χ1) is 8.58. The molecule has 1 atom stereocenters. The molecule has 2 rings (SSSR count). The summed E-state index contributed by atoms with van der Waals surface area (Å²) < 4.78 is 0. The third kappa shape index (κ3) is 3.14. The first kappa shape index (κ1) is 13.6. The molecule has 0 aromatic carbocycles. The van der Waals surface area contributed by atoms with Gasteiger partial charge in [0.2, 0.25) is 0 Å². The molecule has 99 valence electrons. The molecule has 0 bridgehead atoms. The SMILES string of the molecule is CC(C)CC(C)NC(=O)c1[c]sc2c1CCCC2. The minimum Gasteiger partial charge on any atom is -0.350 e. The van der Waals surface area contributed by atoms with Crippen LogP contribution in [0.5, 0.6) is 0 Å². The molecule has 18 heavy (non-hydrogen) atoms. The average molecular weight is 264 g/mol. The van der Waals surface area contributed by atoms with Crippen LogP contribution in [0.4, 0.5) is 0 Å². The number of aryl methyl sites for hydroxylation is 1. The molecule has 0 saturated carbocycles. The van der Waals surface area contributed by atoms with Gasteiger partial charge in [-0.15, -0.1) is 11.3 Å². The lowest BCUT2D eigenvalue weighted by atomic mass is 9.95. The fraction of sp³-hybridized carbons (Fsp3) is 0.667. The highest BCUT2D eigenvalue weighted by Gasteiger charge is 2.21. The zero-order valence-corrected chi connectivity index (χ0v) is 12.3. The molecule has 1 radical (unpaired) electrons. The molecular weight excluding hydrogens is 242 g/mol. The molecule has 0 saturated heterocycles. The summed E-state index contributed by atoms with van der Waals surface area (Å²) in [5.41, 5.74) is 2.07. The molecule has 1 unspecified atom stereocenters. The molecule has 1 aromatic heterocycles. The van der Waals surface area contributed by atoms with Crippen LogP contribution < -0.4 is 5.32 Å². The Balaban J connectivity index is 2.03. The summed E-state index contributed by atoms with van der Waals surface area (Å²) in [7, 11) is 0. The summed E-state index contributed by atoms with van der Waals surface area (Å²) in [5, 5.41) is 6.30. The Morgan fingerprint density at radius 1 is 1.33 bits per heavy atom. The van der Waals surface area contributed by atoms with Gasteiger partial charge in [-0.3, -0.25) is 4.79 Å². The van der Waals surface area contributed by atoms with E-state index in [2.05, 4.69) is 31.5 Å². The quantitative estimate of drug-likeness (QED) is 0.884. The van der Waals surface area contributed by atoms with Gasteiger partial charge in [0.25, 0.3) is 5.91 Å². The van der Waals surface area contributed by atoms with Crippen LogP contribution in [-0.2, 0) is 12.8 Å². The number of carbonyl (C=O) groups excluding carboxylic acids is 1. The number of rotatable bonds is 4. The fourth-order valence-electron chi connectivity index (χ4n) is 2.67. The van der Waals surface area contributed by atoms with E-state index in [0.717, 1.165) is 24.8 Å². The Morgan fingerprint density at radius 2 is 2.06 bits per heavy atom. The van der Waals surface area contributed by atoms with Gasteiger partial charge in [-0.1, -0.05) is 13.8 Å². The Labute approximate surface area is 114 Å². The van der Waals surface area contributed by atoms with Crippen LogP contribution in [0.15, 0.2) is 0 Å². The second kappa shape index (κ2) is 5.87. The Bertz CT molecular complexity index is 422. The van der Waals surface area contributed by atoms with E-state index in [4.69, 9.17) is 0 Å². The van der Waals surface area contributed by atoms with Crippen LogP contribution in [-0.4, -0.2) is 11.9 Å². The van der Waals surface area contributed by atoms with Crippen molar-refractivity contribution in [3.63, 3.8) is 0 Å². The van der Waals surface area contributed by atoms with Crippen molar-refractivity contribution in [2.24, 2.45) is 5.92 Å². The van der Waals surface area contributed by atoms with Crippen molar-refractivity contribution in [3.8, 4) is 0 Å². The molecule has 1 aliphatic carbocycles. The standard InChI is InChI=1S/C15H22NOS/c1-10(2)8-11(3)16-15(17)13-9-18-14-7-5-4-6-12(13)14/h10-11H,4-8H2,1-3H3,(H,16,17). The minimum absolute atomic E-state index is 0.0718. The van der Waals surface area contributed by atoms with Crippen molar-refractivity contribution in [2.45, 2.75) is 58.9 Å². The molecule has 0 aliphatic heterocycles. The number of nitrogens with one attached hydrogen (secondary N) is 1. The van der Waals surface area contributed by atoms with Crippen molar-refractivity contribution in [2.75, 3.05) is 0 Å². The van der Waals surface area contributed by atoms with Crippen LogP contribution in [0.2, 0.25) is 0 Å². The van der Waals surface area contributed by atoms with Crippen molar-refractivity contribution in [1.29, 1.82) is 0 Å². The molecule has 1 amide bonds. The monoisotopic (exact) mass is 264 g/mol. The van der Waals surface area contributed by atoms with Gasteiger partial charge >= 0.3 is 0 Å². The zero-order valence-electron chi connectivity index (χ0n) is 11.5. The van der Waals surface area contributed by atoms with E-state index in [1.54, 1.807) is 11.3 Å². The summed E-state index contributed by atoms with van der Waals surface area (Å²) in [5.74, 6) is 0.684. The van der Waals surface area contributed by atoms with Gasteiger partial charge in [0.1, 0.15) is 0 Å². The summed E-state index contributed by atoms with van der Waals surface area (Å²) in [6, 6.07) is 0.241. The molecule has 2 nitrogen and oxygen atoms in total. The molecule has 3 heteroatoms. The molecule has 0 fully saturated rings. The molecule has 1 aliphatic rings. The molecular formula is C15H22NOS. The third-order valence-corrected chi connectivity index (χ3v) is 4.43. The van der Waals surface area contributed by atoms with Gasteiger partial charge in [-0.2, -0.15) is 0 Å². The number of thiophene rings is 1. The first-order valence-electron chi connectivity index (χ1n) is 6.91. The van der Waals surface area contributed by atoms with Crippen molar-refractivity contribution in [3.05, 3.63) is 21.4 Å². The van der Waals surface area contributed by atoms with Gasteiger partial charge in [-0.05, 0) is 50.5 Å². The van der Waals surface area contributed by atoms with Crippen LogP contribution in [0.1, 0.15) is 60.8 Å². The summed E-state index contributed by atoms with van der Waals surface area (Å²) in [6.45, 7) is 6.44. The number of amides is 1. The van der Waals surface area contributed by atoms with Crippen LogP contribution in [0, 0.1) is 11.3 Å². The van der Waals surface area contributed by atoms with E-state index in [-0.39, 0.29) is 11.9 Å². The third-order valence-electron chi connectivity index (χ3n) is 3.42. The van der Waals surface area contributed by atoms with Gasteiger partial charge < -0.3 is 5.32 Å². The van der Waals surface area contributed by atoms with Crippen molar-refractivity contribution in [1.82, 2.24) is 5.32 Å². The number of hydrogen-bond acceptors (Lipinski definition) is 2. The lowest BCUT2D eigenvalue weighted by molar-refractivity contribution is 0.0935. The van der Waals surface area contributed by atoms with E-state index in [1.807, 2.05) is 0 Å². The largest absolute Gasteiger partial charge is 0.350 e. The van der Waals surface area contributed by atoms with E-state index in [9.17, 15) is 4.79 Å². The second-order valence-corrected chi connectivity index (χ2v) is 6.59. The van der Waals surface area contributed by atoms with Crippen LogP contribution in [0.25, 0.3) is 0 Å². The van der Waals surface area contributed by atoms with E-state index >= 15 is 0 Å². The fourth-order valence-corrected chi connectivity index (χ4v) is 3.69. The smallest absolute Gasteiger partial charge is 0.253 e. The van der Waals surface area contributed by atoms with E-state index in [0.29, 0.717) is 5.92 Å². The number of fused-ring (bicyclic) bond motifs is 1. The van der Waals surface area contributed by atoms with Crippen LogP contribution >= 0.6 is 11.3 Å². The second-order valence-electron chi connectivity index (χ2n) is 5.69. The maximum absolute atomic E-state index is 12.2. The Hall–Kier alpha value is -0.830. The van der Waals surface area contributed by atoms with E-state index in [1.165, 1.54) is 23.3 Å². The summed E-state index contributed by atoms with van der Waals surface area (Å²) in [4.78, 5) is 13.6. The highest BCUT2D eigenvalue weighted by molar-refractivity contribution is 7.10. The number of carbonyl (C=O) groups is 1. The maximum atomic E-state index is 12.2. The molecule has 0 spiro atoms. The van der Waals surface area contributed by atoms with Crippen molar-refractivity contribution < 1.29 is 4.79 Å². The lowest BCUT2D eigenvalue weighted by Crippen LogP contribution is -2.33. The van der Waals surface area contributed by atoms with Gasteiger partial charge in [0, 0.05) is 10.9 Å². The first-order valence-corrected chi connectivity index (χ1v) is 7.72.